The average molecular weight is 270 g/mol. The van der Waals surface area contributed by atoms with E-state index in [4.69, 9.17) is 16.3 Å². The molecule has 0 aliphatic heterocycles. The maximum Gasteiger partial charge on any atom is 0.321 e. The molecule has 0 N–H and O–H groups in total. The lowest BCUT2D eigenvalue weighted by Gasteiger charge is -2.03. The van der Waals surface area contributed by atoms with E-state index in [0.717, 1.165) is 11.3 Å². The van der Waals surface area contributed by atoms with Gasteiger partial charge in [-0.15, -0.1) is 11.3 Å². The molecule has 4 nitrogen and oxygen atoms in total. The maximum absolute atomic E-state index is 5.85. The highest BCUT2D eigenvalue weighted by Gasteiger charge is 2.09. The molecule has 0 fully saturated rings. The number of aromatic nitrogens is 3. The number of rotatable bonds is 4. The van der Waals surface area contributed by atoms with E-state index < -0.39 is 0 Å². The summed E-state index contributed by atoms with van der Waals surface area (Å²) in [6.07, 6.45) is 0.900. The van der Waals surface area contributed by atoms with Gasteiger partial charge in [-0.05, 0) is 37.1 Å². The lowest BCUT2D eigenvalue weighted by molar-refractivity contribution is 0.291. The van der Waals surface area contributed by atoms with Crippen LogP contribution in [0.25, 0.3) is 10.7 Å². The zero-order valence-electron chi connectivity index (χ0n) is 9.61. The summed E-state index contributed by atoms with van der Waals surface area (Å²) in [6.45, 7) is 4.63. The van der Waals surface area contributed by atoms with Crippen molar-refractivity contribution in [3.05, 3.63) is 22.3 Å². The van der Waals surface area contributed by atoms with Gasteiger partial charge in [0.05, 0.1) is 11.5 Å². The van der Waals surface area contributed by atoms with Crippen LogP contribution >= 0.6 is 22.9 Å². The first-order valence-electron chi connectivity index (χ1n) is 5.30. The summed E-state index contributed by atoms with van der Waals surface area (Å²) in [5.41, 5.74) is 0. The van der Waals surface area contributed by atoms with E-state index in [1.54, 1.807) is 11.3 Å². The van der Waals surface area contributed by atoms with Gasteiger partial charge in [0.25, 0.3) is 0 Å². The highest BCUT2D eigenvalue weighted by Crippen LogP contribution is 2.26. The molecular formula is C11H12ClN3OS. The van der Waals surface area contributed by atoms with Gasteiger partial charge in [0.15, 0.2) is 5.82 Å². The molecule has 2 aromatic heterocycles. The Morgan fingerprint density at radius 3 is 2.76 bits per heavy atom. The van der Waals surface area contributed by atoms with Crippen molar-refractivity contribution in [3.63, 3.8) is 0 Å². The summed E-state index contributed by atoms with van der Waals surface area (Å²) in [5, 5.41) is 0.159. The summed E-state index contributed by atoms with van der Waals surface area (Å²) < 4.78 is 5.36. The van der Waals surface area contributed by atoms with Crippen molar-refractivity contribution in [2.75, 3.05) is 6.61 Å². The molecule has 0 radical (unpaired) electrons. The number of aryl methyl sites for hydroxylation is 1. The quantitative estimate of drug-likeness (QED) is 0.854. The Bertz CT molecular complexity index is 515. The number of nitrogens with zero attached hydrogens (tertiary/aromatic N) is 3. The van der Waals surface area contributed by atoms with Gasteiger partial charge < -0.3 is 4.74 Å². The lowest BCUT2D eigenvalue weighted by Crippen LogP contribution is -2.02. The van der Waals surface area contributed by atoms with Gasteiger partial charge in [-0.3, -0.25) is 0 Å². The second-order valence-corrected chi connectivity index (χ2v) is 5.10. The second-order valence-electron chi connectivity index (χ2n) is 3.47. The van der Waals surface area contributed by atoms with E-state index in [0.29, 0.717) is 12.4 Å². The Kier molecular flexibility index (Phi) is 3.91. The second kappa shape index (κ2) is 5.42. The molecule has 0 atom stereocenters. The zero-order valence-corrected chi connectivity index (χ0v) is 11.2. The number of ether oxygens (including phenoxy) is 1. The van der Waals surface area contributed by atoms with Crippen LogP contribution in [0.5, 0.6) is 6.01 Å². The third-order valence-corrected chi connectivity index (χ3v) is 3.15. The zero-order chi connectivity index (χ0) is 12.3. The van der Waals surface area contributed by atoms with E-state index in [1.807, 2.05) is 26.0 Å². The van der Waals surface area contributed by atoms with Crippen molar-refractivity contribution in [2.24, 2.45) is 0 Å². The standard InChI is InChI=1S/C11H12ClN3OS/c1-3-6-16-11-14-9(13-10(12)15-11)8-5-4-7(2)17-8/h4-5H,3,6H2,1-2H3. The Balaban J connectivity index is 2.31. The molecule has 0 amide bonds. The number of hydrogen-bond acceptors (Lipinski definition) is 5. The van der Waals surface area contributed by atoms with Crippen LogP contribution in [0.3, 0.4) is 0 Å². The number of halogens is 1. The predicted molar refractivity (Wildman–Crippen MR) is 68.7 cm³/mol. The predicted octanol–water partition coefficient (Wildman–Crippen LogP) is 3.35. The number of hydrogen-bond donors (Lipinski definition) is 0. The minimum Gasteiger partial charge on any atom is -0.463 e. The van der Waals surface area contributed by atoms with E-state index in [-0.39, 0.29) is 11.3 Å². The molecular weight excluding hydrogens is 258 g/mol. The van der Waals surface area contributed by atoms with Gasteiger partial charge in [-0.2, -0.15) is 15.0 Å². The molecule has 0 bridgehead atoms. The number of thiophene rings is 1. The molecule has 0 aliphatic rings. The molecule has 2 heterocycles. The molecule has 2 rings (SSSR count). The van der Waals surface area contributed by atoms with Gasteiger partial charge >= 0.3 is 6.01 Å². The van der Waals surface area contributed by atoms with Gasteiger partial charge in [0.2, 0.25) is 5.28 Å². The van der Waals surface area contributed by atoms with Crippen molar-refractivity contribution in [3.8, 4) is 16.7 Å². The van der Waals surface area contributed by atoms with Crippen LogP contribution in [0.2, 0.25) is 5.28 Å². The van der Waals surface area contributed by atoms with Crippen molar-refractivity contribution >= 4 is 22.9 Å². The molecule has 0 unspecified atom stereocenters. The molecule has 0 spiro atoms. The summed E-state index contributed by atoms with van der Waals surface area (Å²) >= 11 is 7.46. The first-order chi connectivity index (χ1) is 8.19. The molecule has 17 heavy (non-hydrogen) atoms. The highest BCUT2D eigenvalue weighted by atomic mass is 35.5. The fourth-order valence-corrected chi connectivity index (χ4v) is 2.21. The molecule has 0 aromatic carbocycles. The third-order valence-electron chi connectivity index (χ3n) is 1.98. The smallest absolute Gasteiger partial charge is 0.321 e. The van der Waals surface area contributed by atoms with Crippen LogP contribution in [0.1, 0.15) is 18.2 Å². The van der Waals surface area contributed by atoms with Gasteiger partial charge in [0, 0.05) is 4.88 Å². The van der Waals surface area contributed by atoms with E-state index in [2.05, 4.69) is 15.0 Å². The maximum atomic E-state index is 5.85. The Labute approximate surface area is 109 Å². The first-order valence-corrected chi connectivity index (χ1v) is 6.49. The largest absolute Gasteiger partial charge is 0.463 e. The Hall–Kier alpha value is -1.20. The third kappa shape index (κ3) is 3.14. The summed E-state index contributed by atoms with van der Waals surface area (Å²) in [5.74, 6) is 0.564. The molecule has 90 valence electrons. The van der Waals surface area contributed by atoms with Crippen molar-refractivity contribution in [2.45, 2.75) is 20.3 Å². The van der Waals surface area contributed by atoms with Gasteiger partial charge in [-0.25, -0.2) is 0 Å². The van der Waals surface area contributed by atoms with Crippen LogP contribution in [0.4, 0.5) is 0 Å². The molecule has 0 saturated heterocycles. The minimum atomic E-state index is 0.159. The minimum absolute atomic E-state index is 0.159. The average Bonchev–Trinajstić information content (AvgIpc) is 2.72. The lowest BCUT2D eigenvalue weighted by atomic mass is 10.4. The normalized spacial score (nSPS) is 10.5. The van der Waals surface area contributed by atoms with Crippen molar-refractivity contribution in [1.82, 2.24) is 15.0 Å². The van der Waals surface area contributed by atoms with E-state index in [9.17, 15) is 0 Å². The monoisotopic (exact) mass is 269 g/mol. The molecule has 0 aliphatic carbocycles. The first kappa shape index (κ1) is 12.3. The fraction of sp³-hybridized carbons (Fsp3) is 0.364. The summed E-state index contributed by atoms with van der Waals surface area (Å²) in [7, 11) is 0. The molecule has 6 heteroatoms. The Morgan fingerprint density at radius 2 is 2.12 bits per heavy atom. The van der Waals surface area contributed by atoms with Crippen LogP contribution in [-0.2, 0) is 0 Å². The Morgan fingerprint density at radius 1 is 1.29 bits per heavy atom. The van der Waals surface area contributed by atoms with Gasteiger partial charge in [-0.1, -0.05) is 6.92 Å². The van der Waals surface area contributed by atoms with Crippen LogP contribution < -0.4 is 4.74 Å². The highest BCUT2D eigenvalue weighted by molar-refractivity contribution is 7.15. The van der Waals surface area contributed by atoms with Crippen molar-refractivity contribution in [1.29, 1.82) is 0 Å². The van der Waals surface area contributed by atoms with Crippen LogP contribution in [0.15, 0.2) is 12.1 Å². The van der Waals surface area contributed by atoms with Crippen LogP contribution in [0, 0.1) is 6.92 Å². The molecule has 2 aromatic rings. The van der Waals surface area contributed by atoms with Gasteiger partial charge in [0.1, 0.15) is 0 Å². The fourth-order valence-electron chi connectivity index (χ4n) is 1.25. The summed E-state index contributed by atoms with van der Waals surface area (Å²) in [6, 6.07) is 4.27. The molecule has 0 saturated carbocycles. The van der Waals surface area contributed by atoms with E-state index >= 15 is 0 Å². The SMILES string of the molecule is CCCOc1nc(Cl)nc(-c2ccc(C)s2)n1. The topological polar surface area (TPSA) is 47.9 Å². The summed E-state index contributed by atoms with van der Waals surface area (Å²) in [4.78, 5) is 14.4. The van der Waals surface area contributed by atoms with E-state index in [1.165, 1.54) is 4.88 Å². The van der Waals surface area contributed by atoms with Crippen molar-refractivity contribution < 1.29 is 4.74 Å². The van der Waals surface area contributed by atoms with Crippen LogP contribution in [-0.4, -0.2) is 21.6 Å².